The summed E-state index contributed by atoms with van der Waals surface area (Å²) in [6.45, 7) is 0.613. The SMILES string of the molecule is Nc1nc(NCc2cccnc2)c2ccc(-c3ccn[nH]3)cc2n1. The molecule has 24 heavy (non-hydrogen) atoms. The molecule has 0 amide bonds. The van der Waals surface area contributed by atoms with Crippen molar-refractivity contribution >= 4 is 22.7 Å². The number of benzene rings is 1. The van der Waals surface area contributed by atoms with Crippen LogP contribution in [0.15, 0.2) is 55.0 Å². The van der Waals surface area contributed by atoms with Gasteiger partial charge in [-0.15, -0.1) is 0 Å². The maximum absolute atomic E-state index is 5.87. The molecule has 0 aliphatic rings. The van der Waals surface area contributed by atoms with Gasteiger partial charge in [-0.05, 0) is 29.8 Å². The third kappa shape index (κ3) is 2.74. The molecule has 0 saturated carbocycles. The van der Waals surface area contributed by atoms with Gasteiger partial charge in [0.15, 0.2) is 0 Å². The number of nitrogens with one attached hydrogen (secondary N) is 2. The zero-order valence-electron chi connectivity index (χ0n) is 12.8. The molecule has 1 aromatic carbocycles. The Kier molecular flexibility index (Phi) is 3.51. The van der Waals surface area contributed by atoms with E-state index in [1.165, 1.54) is 0 Å². The summed E-state index contributed by atoms with van der Waals surface area (Å²) in [6.07, 6.45) is 5.28. The quantitative estimate of drug-likeness (QED) is 0.534. The van der Waals surface area contributed by atoms with E-state index in [1.807, 2.05) is 42.6 Å². The van der Waals surface area contributed by atoms with E-state index in [9.17, 15) is 0 Å². The highest BCUT2D eigenvalue weighted by Gasteiger charge is 2.08. The standard InChI is InChI=1S/C17H15N7/c18-17-22-15-8-12(14-5-7-21-24-14)3-4-13(15)16(23-17)20-10-11-2-1-6-19-9-11/h1-9H,10H2,(H,21,24)(H3,18,20,22,23). The minimum atomic E-state index is 0.234. The second kappa shape index (κ2) is 5.96. The van der Waals surface area contributed by atoms with E-state index in [4.69, 9.17) is 5.73 Å². The number of aromatic nitrogens is 5. The highest BCUT2D eigenvalue weighted by Crippen LogP contribution is 2.26. The van der Waals surface area contributed by atoms with Gasteiger partial charge >= 0.3 is 0 Å². The molecule has 7 nitrogen and oxygen atoms in total. The summed E-state index contributed by atoms with van der Waals surface area (Å²) < 4.78 is 0. The van der Waals surface area contributed by atoms with Crippen molar-refractivity contribution in [2.75, 3.05) is 11.1 Å². The van der Waals surface area contributed by atoms with Crippen LogP contribution in [-0.2, 0) is 6.54 Å². The number of nitrogens with zero attached hydrogens (tertiary/aromatic N) is 4. The van der Waals surface area contributed by atoms with E-state index in [-0.39, 0.29) is 5.95 Å². The molecule has 0 radical (unpaired) electrons. The zero-order chi connectivity index (χ0) is 16.4. The number of nitrogens with two attached hydrogens (primary N) is 1. The number of H-pyrrole nitrogens is 1. The van der Waals surface area contributed by atoms with Crippen LogP contribution in [0.1, 0.15) is 5.56 Å². The second-order valence-electron chi connectivity index (χ2n) is 5.35. The van der Waals surface area contributed by atoms with Crippen LogP contribution in [0, 0.1) is 0 Å². The lowest BCUT2D eigenvalue weighted by molar-refractivity contribution is 1.08. The van der Waals surface area contributed by atoms with Gasteiger partial charge in [-0.1, -0.05) is 12.1 Å². The number of anilines is 2. The lowest BCUT2D eigenvalue weighted by Crippen LogP contribution is -2.05. The van der Waals surface area contributed by atoms with E-state index < -0.39 is 0 Å². The van der Waals surface area contributed by atoms with Gasteiger partial charge in [0.25, 0.3) is 0 Å². The van der Waals surface area contributed by atoms with Crippen molar-refractivity contribution in [3.8, 4) is 11.3 Å². The third-order valence-corrected chi connectivity index (χ3v) is 3.71. The Bertz CT molecular complexity index is 965. The van der Waals surface area contributed by atoms with E-state index in [0.29, 0.717) is 12.4 Å². The largest absolute Gasteiger partial charge is 0.368 e. The molecular formula is C17H15N7. The van der Waals surface area contributed by atoms with Gasteiger partial charge in [-0.2, -0.15) is 10.1 Å². The van der Waals surface area contributed by atoms with Crippen LogP contribution in [0.4, 0.5) is 11.8 Å². The molecule has 118 valence electrons. The second-order valence-corrected chi connectivity index (χ2v) is 5.35. The molecule has 0 aliphatic heterocycles. The molecule has 4 rings (SSSR count). The molecule has 4 N–H and O–H groups in total. The topological polar surface area (TPSA) is 105 Å². The van der Waals surface area contributed by atoms with Crippen LogP contribution >= 0.6 is 0 Å². The maximum Gasteiger partial charge on any atom is 0.222 e. The van der Waals surface area contributed by atoms with Crippen LogP contribution in [0.3, 0.4) is 0 Å². The molecule has 4 aromatic rings. The highest BCUT2D eigenvalue weighted by atomic mass is 15.1. The van der Waals surface area contributed by atoms with Crippen molar-refractivity contribution in [2.45, 2.75) is 6.54 Å². The van der Waals surface area contributed by atoms with Gasteiger partial charge in [0.1, 0.15) is 5.82 Å². The van der Waals surface area contributed by atoms with E-state index >= 15 is 0 Å². The van der Waals surface area contributed by atoms with E-state index in [1.54, 1.807) is 12.4 Å². The molecule has 0 bridgehead atoms. The number of fused-ring (bicyclic) bond motifs is 1. The van der Waals surface area contributed by atoms with Crippen molar-refractivity contribution in [3.63, 3.8) is 0 Å². The molecular weight excluding hydrogens is 302 g/mol. The van der Waals surface area contributed by atoms with Crippen LogP contribution in [0.25, 0.3) is 22.2 Å². The third-order valence-electron chi connectivity index (χ3n) is 3.71. The van der Waals surface area contributed by atoms with Crippen LogP contribution in [0.5, 0.6) is 0 Å². The Labute approximate surface area is 138 Å². The zero-order valence-corrected chi connectivity index (χ0v) is 12.8. The smallest absolute Gasteiger partial charge is 0.222 e. The Morgan fingerprint density at radius 1 is 1.08 bits per heavy atom. The summed E-state index contributed by atoms with van der Waals surface area (Å²) in [6, 6.07) is 11.8. The number of nitrogen functional groups attached to an aromatic ring is 1. The minimum Gasteiger partial charge on any atom is -0.368 e. The molecule has 0 unspecified atom stereocenters. The minimum absolute atomic E-state index is 0.234. The molecule has 0 fully saturated rings. The summed E-state index contributed by atoms with van der Waals surface area (Å²) in [4.78, 5) is 12.8. The fourth-order valence-corrected chi connectivity index (χ4v) is 2.55. The molecule has 0 aliphatic carbocycles. The Balaban J connectivity index is 1.70. The molecule has 3 aromatic heterocycles. The van der Waals surface area contributed by atoms with Crippen LogP contribution in [0.2, 0.25) is 0 Å². The number of hydrogen-bond donors (Lipinski definition) is 3. The van der Waals surface area contributed by atoms with E-state index in [2.05, 4.69) is 30.5 Å². The van der Waals surface area contributed by atoms with Crippen molar-refractivity contribution in [1.29, 1.82) is 0 Å². The van der Waals surface area contributed by atoms with Gasteiger partial charge in [-0.3, -0.25) is 10.1 Å². The Hall–Kier alpha value is -3.48. The van der Waals surface area contributed by atoms with Crippen molar-refractivity contribution in [3.05, 3.63) is 60.6 Å². The van der Waals surface area contributed by atoms with E-state index in [0.717, 1.165) is 27.7 Å². The predicted octanol–water partition coefficient (Wildman–Crippen LogP) is 2.61. The summed E-state index contributed by atoms with van der Waals surface area (Å²) in [5.41, 5.74) is 9.64. The normalized spacial score (nSPS) is 10.8. The summed E-state index contributed by atoms with van der Waals surface area (Å²) in [5.74, 6) is 0.940. The van der Waals surface area contributed by atoms with Crippen molar-refractivity contribution in [2.24, 2.45) is 0 Å². The van der Waals surface area contributed by atoms with Gasteiger partial charge in [0, 0.05) is 36.1 Å². The van der Waals surface area contributed by atoms with Gasteiger partial charge < -0.3 is 11.1 Å². The molecule has 0 atom stereocenters. The Morgan fingerprint density at radius 3 is 2.83 bits per heavy atom. The first-order valence-corrected chi connectivity index (χ1v) is 7.49. The van der Waals surface area contributed by atoms with Gasteiger partial charge in [-0.25, -0.2) is 4.98 Å². The monoisotopic (exact) mass is 317 g/mol. The molecule has 3 heterocycles. The Morgan fingerprint density at radius 2 is 2.04 bits per heavy atom. The van der Waals surface area contributed by atoms with Crippen molar-refractivity contribution in [1.82, 2.24) is 25.1 Å². The van der Waals surface area contributed by atoms with Gasteiger partial charge in [0.05, 0.1) is 11.2 Å². The number of pyridine rings is 1. The van der Waals surface area contributed by atoms with Crippen LogP contribution < -0.4 is 11.1 Å². The first-order chi connectivity index (χ1) is 11.8. The fraction of sp³-hybridized carbons (Fsp3) is 0.0588. The number of hydrogen-bond acceptors (Lipinski definition) is 6. The molecule has 0 spiro atoms. The lowest BCUT2D eigenvalue weighted by Gasteiger charge is -2.10. The fourth-order valence-electron chi connectivity index (χ4n) is 2.55. The maximum atomic E-state index is 5.87. The highest BCUT2D eigenvalue weighted by molar-refractivity contribution is 5.92. The summed E-state index contributed by atoms with van der Waals surface area (Å²) >= 11 is 0. The van der Waals surface area contributed by atoms with Crippen molar-refractivity contribution < 1.29 is 0 Å². The first-order valence-electron chi connectivity index (χ1n) is 7.49. The lowest BCUT2D eigenvalue weighted by atomic mass is 10.1. The first kappa shape index (κ1) is 14.1. The van der Waals surface area contributed by atoms with Crippen LogP contribution in [-0.4, -0.2) is 25.1 Å². The number of rotatable bonds is 4. The molecule has 7 heteroatoms. The summed E-state index contributed by atoms with van der Waals surface area (Å²) in [7, 11) is 0. The average Bonchev–Trinajstić information content (AvgIpc) is 3.14. The number of aromatic amines is 1. The van der Waals surface area contributed by atoms with Gasteiger partial charge in [0.2, 0.25) is 5.95 Å². The molecule has 0 saturated heterocycles. The average molecular weight is 317 g/mol. The predicted molar refractivity (Wildman–Crippen MR) is 93.1 cm³/mol. The summed E-state index contributed by atoms with van der Waals surface area (Å²) in [5, 5.41) is 11.1.